The molecule has 26 heavy (non-hydrogen) atoms. The molecule has 1 N–H and O–H groups in total. The molecule has 0 fully saturated rings. The van der Waals surface area contributed by atoms with Crippen LogP contribution in [0, 0.1) is 6.92 Å². The normalized spacial score (nSPS) is 10.7. The van der Waals surface area contributed by atoms with E-state index in [4.69, 9.17) is 27.6 Å². The van der Waals surface area contributed by atoms with E-state index in [1.165, 1.54) is 11.8 Å². The van der Waals surface area contributed by atoms with Crippen LogP contribution in [0.5, 0.6) is 0 Å². The number of amides is 1. The molecule has 0 radical (unpaired) electrons. The summed E-state index contributed by atoms with van der Waals surface area (Å²) in [5.74, 6) is 0.772. The van der Waals surface area contributed by atoms with Crippen LogP contribution < -0.4 is 5.32 Å². The van der Waals surface area contributed by atoms with E-state index in [9.17, 15) is 4.79 Å². The summed E-state index contributed by atoms with van der Waals surface area (Å²) < 4.78 is 5.59. The van der Waals surface area contributed by atoms with Gasteiger partial charge in [-0.1, -0.05) is 52.7 Å². The lowest BCUT2D eigenvalue weighted by atomic mass is 10.2. The van der Waals surface area contributed by atoms with Crippen molar-refractivity contribution in [3.8, 4) is 11.5 Å². The third-order valence-corrected chi connectivity index (χ3v) is 4.83. The SMILES string of the molecule is Cc1ccc(NC(=O)CCSc2nnc(-c3ccc(Cl)cc3Cl)o2)cc1. The topological polar surface area (TPSA) is 68.0 Å². The second-order valence-electron chi connectivity index (χ2n) is 5.51. The van der Waals surface area contributed by atoms with Gasteiger partial charge >= 0.3 is 0 Å². The van der Waals surface area contributed by atoms with Crippen LogP contribution in [0.25, 0.3) is 11.5 Å². The molecule has 0 saturated carbocycles. The van der Waals surface area contributed by atoms with Crippen LogP contribution in [0.3, 0.4) is 0 Å². The Hall–Kier alpha value is -2.02. The Morgan fingerprint density at radius 1 is 1.15 bits per heavy atom. The quantitative estimate of drug-likeness (QED) is 0.548. The number of carbonyl (C=O) groups is 1. The average Bonchev–Trinajstić information content (AvgIpc) is 3.05. The first-order valence-electron chi connectivity index (χ1n) is 7.79. The molecule has 5 nitrogen and oxygen atoms in total. The van der Waals surface area contributed by atoms with E-state index in [1.807, 2.05) is 31.2 Å². The minimum Gasteiger partial charge on any atom is -0.411 e. The van der Waals surface area contributed by atoms with Crippen molar-refractivity contribution in [2.75, 3.05) is 11.1 Å². The summed E-state index contributed by atoms with van der Waals surface area (Å²) in [4.78, 5) is 12.0. The number of benzene rings is 2. The minimum atomic E-state index is -0.0677. The van der Waals surface area contributed by atoms with E-state index in [1.54, 1.807) is 18.2 Å². The number of nitrogens with zero attached hydrogens (tertiary/aromatic N) is 2. The van der Waals surface area contributed by atoms with Gasteiger partial charge in [0.2, 0.25) is 11.8 Å². The van der Waals surface area contributed by atoms with E-state index in [0.29, 0.717) is 38.9 Å². The van der Waals surface area contributed by atoms with E-state index in [-0.39, 0.29) is 5.91 Å². The van der Waals surface area contributed by atoms with Gasteiger partial charge in [0.1, 0.15) is 0 Å². The van der Waals surface area contributed by atoms with Crippen molar-refractivity contribution in [1.29, 1.82) is 0 Å². The highest BCUT2D eigenvalue weighted by atomic mass is 35.5. The van der Waals surface area contributed by atoms with E-state index < -0.39 is 0 Å². The predicted molar refractivity (Wildman–Crippen MR) is 105 cm³/mol. The van der Waals surface area contributed by atoms with E-state index in [2.05, 4.69) is 15.5 Å². The van der Waals surface area contributed by atoms with Crippen molar-refractivity contribution in [2.24, 2.45) is 0 Å². The van der Waals surface area contributed by atoms with Gasteiger partial charge in [0.15, 0.2) is 0 Å². The van der Waals surface area contributed by atoms with Crippen LogP contribution >= 0.6 is 35.0 Å². The average molecular weight is 408 g/mol. The first-order valence-corrected chi connectivity index (χ1v) is 9.53. The second-order valence-corrected chi connectivity index (χ2v) is 7.40. The molecule has 134 valence electrons. The first kappa shape index (κ1) is 18.8. The van der Waals surface area contributed by atoms with Crippen LogP contribution in [0.2, 0.25) is 10.0 Å². The zero-order valence-electron chi connectivity index (χ0n) is 13.8. The molecule has 0 aliphatic rings. The monoisotopic (exact) mass is 407 g/mol. The van der Waals surface area contributed by atoms with E-state index >= 15 is 0 Å². The third-order valence-electron chi connectivity index (χ3n) is 3.46. The standard InChI is InChI=1S/C18H15Cl2N3O2S/c1-11-2-5-13(6-3-11)21-16(24)8-9-26-18-23-22-17(25-18)14-7-4-12(19)10-15(14)20/h2-7,10H,8-9H2,1H3,(H,21,24). The number of thioether (sulfide) groups is 1. The number of nitrogens with one attached hydrogen (secondary N) is 1. The number of anilines is 1. The zero-order chi connectivity index (χ0) is 18.5. The maximum atomic E-state index is 12.0. The highest BCUT2D eigenvalue weighted by Crippen LogP contribution is 2.31. The van der Waals surface area contributed by atoms with Crippen LogP contribution in [-0.2, 0) is 4.79 Å². The summed E-state index contributed by atoms with van der Waals surface area (Å²) in [6, 6.07) is 12.7. The lowest BCUT2D eigenvalue weighted by molar-refractivity contribution is -0.115. The van der Waals surface area contributed by atoms with Gasteiger partial charge in [0.05, 0.1) is 10.6 Å². The fraction of sp³-hybridized carbons (Fsp3) is 0.167. The maximum Gasteiger partial charge on any atom is 0.276 e. The molecule has 2 aromatic carbocycles. The molecule has 3 rings (SSSR count). The lowest BCUT2D eigenvalue weighted by Crippen LogP contribution is -2.12. The fourth-order valence-corrected chi connectivity index (χ4v) is 3.32. The molecule has 1 amide bonds. The molecule has 1 heterocycles. The smallest absolute Gasteiger partial charge is 0.276 e. The van der Waals surface area contributed by atoms with Crippen LogP contribution in [0.15, 0.2) is 52.1 Å². The third kappa shape index (κ3) is 5.00. The van der Waals surface area contributed by atoms with Gasteiger partial charge in [0, 0.05) is 22.9 Å². The van der Waals surface area contributed by atoms with Crippen molar-refractivity contribution >= 4 is 46.6 Å². The highest BCUT2D eigenvalue weighted by Gasteiger charge is 2.13. The number of aryl methyl sites for hydroxylation is 1. The molecular weight excluding hydrogens is 393 g/mol. The summed E-state index contributed by atoms with van der Waals surface area (Å²) in [6.07, 6.45) is 0.331. The lowest BCUT2D eigenvalue weighted by Gasteiger charge is -2.04. The molecule has 0 atom stereocenters. The number of hydrogen-bond acceptors (Lipinski definition) is 5. The number of halogens is 2. The molecular formula is C18H15Cl2N3O2S. The van der Waals surface area contributed by atoms with Gasteiger partial charge in [-0.2, -0.15) is 0 Å². The molecule has 0 aliphatic heterocycles. The number of hydrogen-bond donors (Lipinski definition) is 1. The Morgan fingerprint density at radius 2 is 1.92 bits per heavy atom. The first-order chi connectivity index (χ1) is 12.5. The zero-order valence-corrected chi connectivity index (χ0v) is 16.2. The Morgan fingerprint density at radius 3 is 2.65 bits per heavy atom. The van der Waals surface area contributed by atoms with Gasteiger partial charge < -0.3 is 9.73 Å². The summed E-state index contributed by atoms with van der Waals surface area (Å²) >= 11 is 13.3. The molecule has 1 aromatic heterocycles. The molecule has 8 heteroatoms. The molecule has 0 saturated heterocycles. The van der Waals surface area contributed by atoms with Gasteiger partial charge in [0.25, 0.3) is 5.22 Å². The van der Waals surface area contributed by atoms with Crippen molar-refractivity contribution in [1.82, 2.24) is 10.2 Å². The van der Waals surface area contributed by atoms with Crippen molar-refractivity contribution in [3.05, 3.63) is 58.1 Å². The molecule has 0 unspecified atom stereocenters. The summed E-state index contributed by atoms with van der Waals surface area (Å²) in [7, 11) is 0. The predicted octanol–water partition coefficient (Wildman–Crippen LogP) is 5.47. The second kappa shape index (κ2) is 8.58. The molecule has 0 aliphatic carbocycles. The van der Waals surface area contributed by atoms with Crippen molar-refractivity contribution < 1.29 is 9.21 Å². The number of rotatable bonds is 6. The molecule has 3 aromatic rings. The molecule has 0 spiro atoms. The van der Waals surface area contributed by atoms with Crippen LogP contribution in [-0.4, -0.2) is 21.9 Å². The van der Waals surface area contributed by atoms with Crippen LogP contribution in [0.1, 0.15) is 12.0 Å². The number of carbonyl (C=O) groups excluding carboxylic acids is 1. The van der Waals surface area contributed by atoms with Crippen LogP contribution in [0.4, 0.5) is 5.69 Å². The largest absolute Gasteiger partial charge is 0.411 e. The number of aromatic nitrogens is 2. The van der Waals surface area contributed by atoms with E-state index in [0.717, 1.165) is 11.3 Å². The molecule has 0 bridgehead atoms. The maximum absolute atomic E-state index is 12.0. The summed E-state index contributed by atoms with van der Waals surface area (Å²) in [6.45, 7) is 2.00. The van der Waals surface area contributed by atoms with Gasteiger partial charge in [-0.25, -0.2) is 0 Å². The van der Waals surface area contributed by atoms with Gasteiger partial charge in [-0.15, -0.1) is 10.2 Å². The van der Waals surface area contributed by atoms with Gasteiger partial charge in [-0.05, 0) is 37.3 Å². The minimum absolute atomic E-state index is 0.0677. The highest BCUT2D eigenvalue weighted by molar-refractivity contribution is 7.99. The Balaban J connectivity index is 1.52. The Kier molecular flexibility index (Phi) is 6.19. The van der Waals surface area contributed by atoms with Crippen molar-refractivity contribution in [2.45, 2.75) is 18.6 Å². The Bertz CT molecular complexity index is 913. The summed E-state index contributed by atoms with van der Waals surface area (Å²) in [5.41, 5.74) is 2.54. The Labute approximate surface area is 165 Å². The summed E-state index contributed by atoms with van der Waals surface area (Å²) in [5, 5.41) is 12.2. The van der Waals surface area contributed by atoms with Gasteiger partial charge in [-0.3, -0.25) is 4.79 Å². The van der Waals surface area contributed by atoms with Crippen molar-refractivity contribution in [3.63, 3.8) is 0 Å². The fourth-order valence-electron chi connectivity index (χ4n) is 2.13.